The molecule has 0 radical (unpaired) electrons. The van der Waals surface area contributed by atoms with E-state index in [4.69, 9.17) is 21.9 Å². The van der Waals surface area contributed by atoms with Crippen molar-refractivity contribution in [3.8, 4) is 16.6 Å². The molecule has 1 aliphatic rings. The van der Waals surface area contributed by atoms with Gasteiger partial charge in [-0.15, -0.1) is 11.3 Å². The quantitative estimate of drug-likeness (QED) is 0.231. The lowest BCUT2D eigenvalue weighted by molar-refractivity contribution is 0.479. The van der Waals surface area contributed by atoms with Crippen LogP contribution in [-0.4, -0.2) is 19.6 Å². The first-order chi connectivity index (χ1) is 18.5. The molecule has 0 saturated carbocycles. The second-order valence-electron chi connectivity index (χ2n) is 9.33. The third-order valence-corrected chi connectivity index (χ3v) is 8.01. The van der Waals surface area contributed by atoms with Gasteiger partial charge >= 0.3 is 0 Å². The summed E-state index contributed by atoms with van der Waals surface area (Å²) in [6.07, 6.45) is 3.67. The zero-order valence-corrected chi connectivity index (χ0v) is 23.0. The number of ether oxygens (including phenoxy) is 1. The highest BCUT2D eigenvalue weighted by molar-refractivity contribution is 7.80. The number of aromatic nitrogens is 3. The monoisotopic (exact) mass is 537 g/mol. The van der Waals surface area contributed by atoms with Gasteiger partial charge in [-0.25, -0.2) is 4.98 Å². The number of nitrogens with zero attached hydrogens (tertiary/aromatic N) is 4. The number of hydrogen-bond acceptors (Lipinski definition) is 5. The lowest BCUT2D eigenvalue weighted by Crippen LogP contribution is -2.29. The van der Waals surface area contributed by atoms with Crippen LogP contribution in [0.5, 0.6) is 11.5 Å². The fourth-order valence-electron chi connectivity index (χ4n) is 5.13. The van der Waals surface area contributed by atoms with Gasteiger partial charge in [-0.1, -0.05) is 24.3 Å². The van der Waals surface area contributed by atoms with Gasteiger partial charge in [0.05, 0.1) is 17.8 Å². The lowest BCUT2D eigenvalue weighted by atomic mass is 9.96. The normalized spacial score (nSPS) is 17.0. The minimum absolute atomic E-state index is 0.0968. The van der Waals surface area contributed by atoms with Gasteiger partial charge in [0.25, 0.3) is 0 Å². The van der Waals surface area contributed by atoms with E-state index in [1.54, 1.807) is 11.3 Å². The molecule has 1 saturated heterocycles. The number of rotatable bonds is 6. The Labute approximate surface area is 231 Å². The topological polar surface area (TPSA) is 55.2 Å². The molecule has 0 aliphatic carbocycles. The molecular weight excluding hydrogens is 510 g/mol. The summed E-state index contributed by atoms with van der Waals surface area (Å²) in [5.74, 6) is 1.63. The third kappa shape index (κ3) is 4.36. The largest absolute Gasteiger partial charge is 0.457 e. The average Bonchev–Trinajstić information content (AvgIpc) is 3.64. The van der Waals surface area contributed by atoms with Crippen molar-refractivity contribution >= 4 is 34.4 Å². The molecular formula is C30H27N5OS2. The number of thiocarbonyl (C=S) groups is 1. The molecule has 2 aromatic carbocycles. The molecule has 38 heavy (non-hydrogen) atoms. The lowest BCUT2D eigenvalue weighted by Gasteiger charge is -2.28. The fraction of sp³-hybridized carbons (Fsp3) is 0.167. The number of anilines is 1. The molecule has 1 N–H and O–H groups in total. The third-order valence-electron chi connectivity index (χ3n) is 6.93. The van der Waals surface area contributed by atoms with Crippen LogP contribution in [0.25, 0.3) is 5.13 Å². The van der Waals surface area contributed by atoms with E-state index < -0.39 is 0 Å². The molecule has 5 aromatic rings. The van der Waals surface area contributed by atoms with E-state index in [1.165, 1.54) is 5.56 Å². The van der Waals surface area contributed by atoms with Gasteiger partial charge in [-0.3, -0.25) is 9.55 Å². The molecule has 3 aromatic heterocycles. The maximum Gasteiger partial charge on any atom is 0.193 e. The van der Waals surface area contributed by atoms with Gasteiger partial charge in [-0.05, 0) is 92.6 Å². The van der Waals surface area contributed by atoms with Crippen LogP contribution in [-0.2, 0) is 0 Å². The summed E-state index contributed by atoms with van der Waals surface area (Å²) >= 11 is 7.56. The van der Waals surface area contributed by atoms with Crippen molar-refractivity contribution in [3.63, 3.8) is 0 Å². The Morgan fingerprint density at radius 2 is 1.71 bits per heavy atom. The van der Waals surface area contributed by atoms with Crippen LogP contribution >= 0.6 is 23.6 Å². The van der Waals surface area contributed by atoms with Crippen molar-refractivity contribution in [2.24, 2.45) is 0 Å². The van der Waals surface area contributed by atoms with Crippen LogP contribution in [0.2, 0.25) is 0 Å². The molecule has 6 rings (SSSR count). The SMILES string of the molecule is Cc1ccccc1Oc1ccc(N2C(=S)NC(c3ccccn3)C2c2cc(C)n(-c3nccs3)c2C)cc1. The first kappa shape index (κ1) is 24.3. The Morgan fingerprint density at radius 1 is 0.921 bits per heavy atom. The van der Waals surface area contributed by atoms with E-state index in [1.807, 2.05) is 73.2 Å². The Hall–Kier alpha value is -4.01. The fourth-order valence-corrected chi connectivity index (χ4v) is 6.23. The summed E-state index contributed by atoms with van der Waals surface area (Å²) in [6, 6.07) is 24.2. The molecule has 0 amide bonds. The summed E-state index contributed by atoms with van der Waals surface area (Å²) in [4.78, 5) is 11.5. The van der Waals surface area contributed by atoms with E-state index >= 15 is 0 Å². The first-order valence-corrected chi connectivity index (χ1v) is 13.7. The Morgan fingerprint density at radius 3 is 2.42 bits per heavy atom. The number of para-hydroxylation sites is 1. The Balaban J connectivity index is 1.41. The van der Waals surface area contributed by atoms with Gasteiger partial charge in [0, 0.05) is 34.8 Å². The Kier molecular flexibility index (Phi) is 6.43. The summed E-state index contributed by atoms with van der Waals surface area (Å²) in [6.45, 7) is 6.32. The van der Waals surface area contributed by atoms with Crippen molar-refractivity contribution in [1.29, 1.82) is 0 Å². The maximum absolute atomic E-state index is 6.15. The van der Waals surface area contributed by atoms with E-state index in [0.717, 1.165) is 45.0 Å². The molecule has 4 heterocycles. The van der Waals surface area contributed by atoms with Gasteiger partial charge in [0.1, 0.15) is 11.5 Å². The number of pyridine rings is 1. The molecule has 2 unspecified atom stereocenters. The van der Waals surface area contributed by atoms with E-state index in [-0.39, 0.29) is 12.1 Å². The summed E-state index contributed by atoms with van der Waals surface area (Å²) < 4.78 is 8.37. The van der Waals surface area contributed by atoms with Crippen molar-refractivity contribution in [1.82, 2.24) is 19.9 Å². The van der Waals surface area contributed by atoms with Crippen molar-refractivity contribution in [2.75, 3.05) is 4.90 Å². The molecule has 8 heteroatoms. The predicted octanol–water partition coefficient (Wildman–Crippen LogP) is 7.22. The number of thiazole rings is 1. The van der Waals surface area contributed by atoms with Crippen molar-refractivity contribution in [3.05, 3.63) is 119 Å². The number of benzene rings is 2. The van der Waals surface area contributed by atoms with Gasteiger partial charge in [0.15, 0.2) is 10.2 Å². The molecule has 1 aliphatic heterocycles. The highest BCUT2D eigenvalue weighted by atomic mass is 32.1. The summed E-state index contributed by atoms with van der Waals surface area (Å²) in [7, 11) is 0. The molecule has 190 valence electrons. The van der Waals surface area contributed by atoms with Gasteiger partial charge in [0.2, 0.25) is 0 Å². The smallest absolute Gasteiger partial charge is 0.193 e. The van der Waals surface area contributed by atoms with E-state index in [9.17, 15) is 0 Å². The first-order valence-electron chi connectivity index (χ1n) is 12.4. The molecule has 0 bridgehead atoms. The highest BCUT2D eigenvalue weighted by Gasteiger charge is 2.42. The standard InChI is InChI=1S/C30H27N5OS2/c1-19-8-4-5-10-26(19)36-23-13-11-22(12-14-23)35-28(27(33-29(35)37)25-9-6-7-15-31-25)24-18-20(2)34(21(24)3)30-32-16-17-38-30/h4-18,27-28H,1-3H3,(H,33,37). The highest BCUT2D eigenvalue weighted by Crippen LogP contribution is 2.44. The molecule has 6 nitrogen and oxygen atoms in total. The summed E-state index contributed by atoms with van der Waals surface area (Å²) in [5, 5.41) is 7.19. The molecule has 0 spiro atoms. The maximum atomic E-state index is 6.15. The minimum atomic E-state index is -0.114. The number of nitrogens with one attached hydrogen (secondary N) is 1. The van der Waals surface area contributed by atoms with Crippen LogP contribution in [0.4, 0.5) is 5.69 Å². The zero-order chi connectivity index (χ0) is 26.2. The summed E-state index contributed by atoms with van der Waals surface area (Å²) in [5.41, 5.74) is 6.48. The van der Waals surface area contributed by atoms with Crippen molar-refractivity contribution < 1.29 is 4.74 Å². The van der Waals surface area contributed by atoms with Crippen LogP contribution in [0.15, 0.2) is 90.6 Å². The second kappa shape index (κ2) is 10.0. The van der Waals surface area contributed by atoms with E-state index in [0.29, 0.717) is 5.11 Å². The van der Waals surface area contributed by atoms with E-state index in [2.05, 4.69) is 57.9 Å². The Bertz CT molecular complexity index is 1580. The minimum Gasteiger partial charge on any atom is -0.457 e. The predicted molar refractivity (Wildman–Crippen MR) is 157 cm³/mol. The number of hydrogen-bond donors (Lipinski definition) is 1. The molecule has 1 fully saturated rings. The van der Waals surface area contributed by atoms with Gasteiger partial charge in [-0.2, -0.15) is 0 Å². The zero-order valence-electron chi connectivity index (χ0n) is 21.3. The van der Waals surface area contributed by atoms with Gasteiger partial charge < -0.3 is 15.0 Å². The van der Waals surface area contributed by atoms with Crippen LogP contribution in [0.1, 0.15) is 40.3 Å². The number of aryl methyl sites for hydroxylation is 2. The molecule has 2 atom stereocenters. The van der Waals surface area contributed by atoms with Crippen molar-refractivity contribution in [2.45, 2.75) is 32.9 Å². The van der Waals surface area contributed by atoms with Crippen LogP contribution in [0.3, 0.4) is 0 Å². The average molecular weight is 538 g/mol. The van der Waals surface area contributed by atoms with Crippen LogP contribution in [0, 0.1) is 20.8 Å². The second-order valence-corrected chi connectivity index (χ2v) is 10.6. The van der Waals surface area contributed by atoms with Crippen LogP contribution < -0.4 is 15.0 Å².